The van der Waals surface area contributed by atoms with Crippen molar-refractivity contribution in [2.75, 3.05) is 46.3 Å². The zero-order valence-corrected chi connectivity index (χ0v) is 17.6. The SMILES string of the molecule is CN1CCN(Cc2ccc(C(=N)/C(C=O)=C(/N)NC3CCCN(C#N)C3)cc2)CC1. The average Bonchev–Trinajstić information content (AvgIpc) is 2.76. The van der Waals surface area contributed by atoms with E-state index in [1.807, 2.05) is 24.3 Å². The van der Waals surface area contributed by atoms with Crippen LogP contribution < -0.4 is 11.1 Å². The highest BCUT2D eigenvalue weighted by Gasteiger charge is 2.21. The molecule has 1 unspecified atom stereocenters. The van der Waals surface area contributed by atoms with E-state index in [9.17, 15) is 4.79 Å². The summed E-state index contributed by atoms with van der Waals surface area (Å²) in [4.78, 5) is 18.1. The number of aldehydes is 1. The molecule has 2 aliphatic rings. The molecule has 3 rings (SSSR count). The van der Waals surface area contributed by atoms with Crippen LogP contribution in [0.3, 0.4) is 0 Å². The van der Waals surface area contributed by atoms with Crippen molar-refractivity contribution in [3.8, 4) is 6.19 Å². The van der Waals surface area contributed by atoms with Crippen LogP contribution >= 0.6 is 0 Å². The van der Waals surface area contributed by atoms with Gasteiger partial charge in [-0.25, -0.2) is 0 Å². The molecule has 0 saturated carbocycles. The summed E-state index contributed by atoms with van der Waals surface area (Å²) in [5, 5.41) is 20.7. The molecule has 2 fully saturated rings. The van der Waals surface area contributed by atoms with E-state index in [0.717, 1.165) is 52.1 Å². The summed E-state index contributed by atoms with van der Waals surface area (Å²) in [6.45, 7) is 6.45. The van der Waals surface area contributed by atoms with Crippen molar-refractivity contribution in [1.82, 2.24) is 20.0 Å². The Balaban J connectivity index is 1.63. The molecule has 8 nitrogen and oxygen atoms in total. The first-order valence-electron chi connectivity index (χ1n) is 10.5. The number of benzene rings is 1. The van der Waals surface area contributed by atoms with E-state index in [-0.39, 0.29) is 23.1 Å². The van der Waals surface area contributed by atoms with E-state index < -0.39 is 0 Å². The number of nitrogens with two attached hydrogens (primary N) is 1. The van der Waals surface area contributed by atoms with Crippen LogP contribution in [0.4, 0.5) is 0 Å². The molecule has 0 aliphatic carbocycles. The predicted octanol–water partition coefficient (Wildman–Crippen LogP) is 0.706. The number of likely N-dealkylation sites (N-methyl/N-ethyl adjacent to an activating group) is 1. The first kappa shape index (κ1) is 21.8. The molecule has 0 bridgehead atoms. The van der Waals surface area contributed by atoms with Gasteiger partial charge < -0.3 is 20.9 Å². The van der Waals surface area contributed by atoms with Crippen LogP contribution in [0.15, 0.2) is 35.7 Å². The lowest BCUT2D eigenvalue weighted by Gasteiger charge is -2.32. The van der Waals surface area contributed by atoms with Gasteiger partial charge in [-0.05, 0) is 25.5 Å². The third kappa shape index (κ3) is 5.59. The number of piperazine rings is 1. The van der Waals surface area contributed by atoms with Crippen LogP contribution in [-0.2, 0) is 11.3 Å². The van der Waals surface area contributed by atoms with Gasteiger partial charge in [-0.1, -0.05) is 24.3 Å². The fourth-order valence-corrected chi connectivity index (χ4v) is 3.94. The predicted molar refractivity (Wildman–Crippen MR) is 117 cm³/mol. The minimum Gasteiger partial charge on any atom is -0.385 e. The maximum absolute atomic E-state index is 11.7. The number of allylic oxidation sites excluding steroid dienone is 1. The summed E-state index contributed by atoms with van der Waals surface area (Å²) in [5.74, 6) is 0.196. The van der Waals surface area contributed by atoms with Crippen LogP contribution in [0.2, 0.25) is 0 Å². The highest BCUT2D eigenvalue weighted by Crippen LogP contribution is 2.14. The molecule has 2 heterocycles. The fraction of sp³-hybridized carbons (Fsp3) is 0.500. The van der Waals surface area contributed by atoms with Crippen molar-refractivity contribution in [3.05, 3.63) is 46.8 Å². The molecule has 1 aromatic rings. The standard InChI is InChI=1S/C22H31N7O/c1-27-9-11-28(12-10-27)13-17-4-6-18(7-5-17)21(24)20(15-30)22(25)26-19-3-2-8-29(14-19)16-23/h4-7,15,19,24,26H,2-3,8-14,25H2,1H3/b22-20-,24-21?. The molecule has 0 aromatic heterocycles. The van der Waals surface area contributed by atoms with Gasteiger partial charge in [0.2, 0.25) is 0 Å². The fourth-order valence-electron chi connectivity index (χ4n) is 3.94. The lowest BCUT2D eigenvalue weighted by Crippen LogP contribution is -2.45. The van der Waals surface area contributed by atoms with E-state index in [1.165, 1.54) is 5.56 Å². The minimum atomic E-state index is -0.00730. The molecular weight excluding hydrogens is 378 g/mol. The monoisotopic (exact) mass is 409 g/mol. The van der Waals surface area contributed by atoms with E-state index in [2.05, 4.69) is 28.4 Å². The van der Waals surface area contributed by atoms with Gasteiger partial charge in [0.15, 0.2) is 12.5 Å². The summed E-state index contributed by atoms with van der Waals surface area (Å²) < 4.78 is 0. The van der Waals surface area contributed by atoms with E-state index in [0.29, 0.717) is 18.4 Å². The van der Waals surface area contributed by atoms with Gasteiger partial charge in [-0.15, -0.1) is 0 Å². The molecule has 30 heavy (non-hydrogen) atoms. The van der Waals surface area contributed by atoms with E-state index in [4.69, 9.17) is 16.4 Å². The lowest BCUT2D eigenvalue weighted by atomic mass is 10.0. The van der Waals surface area contributed by atoms with Crippen LogP contribution in [-0.4, -0.2) is 79.1 Å². The Bertz CT molecular complexity index is 819. The van der Waals surface area contributed by atoms with Gasteiger partial charge in [-0.3, -0.25) is 15.1 Å². The Morgan fingerprint density at radius 3 is 2.60 bits per heavy atom. The molecule has 4 N–H and O–H groups in total. The second-order valence-corrected chi connectivity index (χ2v) is 8.13. The molecule has 1 atom stereocenters. The van der Waals surface area contributed by atoms with Crippen molar-refractivity contribution in [2.24, 2.45) is 5.73 Å². The zero-order chi connectivity index (χ0) is 21.5. The normalized spacial score (nSPS) is 21.5. The topological polar surface area (TPSA) is 112 Å². The number of carbonyl (C=O) groups excluding carboxylic acids is 1. The number of hydrogen-bond acceptors (Lipinski definition) is 8. The second kappa shape index (κ2) is 10.2. The maximum Gasteiger partial charge on any atom is 0.179 e. The van der Waals surface area contributed by atoms with E-state index in [1.54, 1.807) is 4.90 Å². The molecule has 0 radical (unpaired) electrons. The van der Waals surface area contributed by atoms with E-state index >= 15 is 0 Å². The lowest BCUT2D eigenvalue weighted by molar-refractivity contribution is -0.104. The second-order valence-electron chi connectivity index (χ2n) is 8.13. The molecule has 160 valence electrons. The molecule has 2 aliphatic heterocycles. The Morgan fingerprint density at radius 1 is 1.27 bits per heavy atom. The largest absolute Gasteiger partial charge is 0.385 e. The number of nitrogens with one attached hydrogen (secondary N) is 2. The molecule has 0 spiro atoms. The number of piperidine rings is 1. The van der Waals surface area contributed by atoms with Gasteiger partial charge in [0.05, 0.1) is 11.3 Å². The number of nitriles is 1. The summed E-state index contributed by atoms with van der Waals surface area (Å²) in [7, 11) is 2.14. The van der Waals surface area contributed by atoms with Crippen molar-refractivity contribution in [2.45, 2.75) is 25.4 Å². The van der Waals surface area contributed by atoms with Gasteiger partial charge in [0.25, 0.3) is 0 Å². The number of carbonyl (C=O) groups is 1. The quantitative estimate of drug-likeness (QED) is 0.263. The van der Waals surface area contributed by atoms with Crippen molar-refractivity contribution < 1.29 is 4.79 Å². The number of rotatable bonds is 7. The summed E-state index contributed by atoms with van der Waals surface area (Å²) in [6.07, 6.45) is 4.55. The van der Waals surface area contributed by atoms with Crippen molar-refractivity contribution in [3.63, 3.8) is 0 Å². The summed E-state index contributed by atoms with van der Waals surface area (Å²) in [6, 6.07) is 7.78. The summed E-state index contributed by atoms with van der Waals surface area (Å²) >= 11 is 0. The van der Waals surface area contributed by atoms with Crippen LogP contribution in [0.5, 0.6) is 0 Å². The minimum absolute atomic E-state index is 0.00730. The Morgan fingerprint density at radius 2 is 1.97 bits per heavy atom. The highest BCUT2D eigenvalue weighted by molar-refractivity contribution is 6.21. The van der Waals surface area contributed by atoms with Crippen molar-refractivity contribution >= 4 is 12.0 Å². The number of nitrogens with zero attached hydrogens (tertiary/aromatic N) is 4. The van der Waals surface area contributed by atoms with Crippen LogP contribution in [0.1, 0.15) is 24.0 Å². The zero-order valence-electron chi connectivity index (χ0n) is 17.6. The Kier molecular flexibility index (Phi) is 7.44. The van der Waals surface area contributed by atoms with Crippen LogP contribution in [0, 0.1) is 16.9 Å². The number of hydrogen-bond donors (Lipinski definition) is 3. The van der Waals surface area contributed by atoms with Crippen molar-refractivity contribution in [1.29, 1.82) is 10.7 Å². The maximum atomic E-state index is 11.7. The third-order valence-corrected chi connectivity index (χ3v) is 5.84. The molecule has 1 aromatic carbocycles. The van der Waals surface area contributed by atoms with Gasteiger partial charge in [0.1, 0.15) is 5.82 Å². The first-order chi connectivity index (χ1) is 14.5. The smallest absolute Gasteiger partial charge is 0.179 e. The highest BCUT2D eigenvalue weighted by atomic mass is 16.1. The van der Waals surface area contributed by atoms with Gasteiger partial charge in [-0.2, -0.15) is 5.26 Å². The van der Waals surface area contributed by atoms with Gasteiger partial charge in [0, 0.05) is 57.4 Å². The third-order valence-electron chi connectivity index (χ3n) is 5.84. The molecular formula is C22H31N7O. The summed E-state index contributed by atoms with van der Waals surface area (Å²) in [5.41, 5.74) is 8.24. The van der Waals surface area contributed by atoms with Crippen LogP contribution in [0.25, 0.3) is 0 Å². The Labute approximate surface area is 178 Å². The first-order valence-corrected chi connectivity index (χ1v) is 10.5. The molecule has 2 saturated heterocycles. The van der Waals surface area contributed by atoms with Gasteiger partial charge >= 0.3 is 0 Å². The number of likely N-dealkylation sites (tertiary alicyclic amines) is 1. The molecule has 0 amide bonds. The molecule has 8 heteroatoms. The average molecular weight is 410 g/mol. The Hall–Kier alpha value is -2.89.